The molecule has 1 aliphatic rings. The van der Waals surface area contributed by atoms with Gasteiger partial charge in [0, 0.05) is 19.5 Å². The van der Waals surface area contributed by atoms with Crippen molar-refractivity contribution in [2.75, 3.05) is 13.1 Å². The highest BCUT2D eigenvalue weighted by atomic mass is 32.2. The maximum atomic E-state index is 12.2. The second-order valence-corrected chi connectivity index (χ2v) is 7.40. The van der Waals surface area contributed by atoms with Gasteiger partial charge >= 0.3 is 0 Å². The Morgan fingerprint density at radius 1 is 1.29 bits per heavy atom. The maximum Gasteiger partial charge on any atom is 0.240 e. The van der Waals surface area contributed by atoms with E-state index in [-0.39, 0.29) is 23.8 Å². The van der Waals surface area contributed by atoms with Crippen molar-refractivity contribution in [3.05, 3.63) is 29.3 Å². The van der Waals surface area contributed by atoms with Crippen LogP contribution in [0.5, 0.6) is 0 Å². The number of carbonyl (C=O) groups excluding carboxylic acids is 1. The highest BCUT2D eigenvalue weighted by molar-refractivity contribution is 7.89. The Labute approximate surface area is 126 Å². The number of amides is 1. The SMILES string of the molecule is Cc1ccc(C)c(S(=O)(=O)NCCC(=O)NCC2CC2)c1. The molecule has 1 fully saturated rings. The highest BCUT2D eigenvalue weighted by Gasteiger charge is 2.22. The number of rotatable bonds is 7. The van der Waals surface area contributed by atoms with Gasteiger partial charge in [-0.15, -0.1) is 0 Å². The Bertz CT molecular complexity index is 622. The van der Waals surface area contributed by atoms with E-state index in [2.05, 4.69) is 10.0 Å². The van der Waals surface area contributed by atoms with E-state index in [0.717, 1.165) is 5.56 Å². The normalized spacial score (nSPS) is 15.0. The summed E-state index contributed by atoms with van der Waals surface area (Å²) in [6.45, 7) is 4.44. The van der Waals surface area contributed by atoms with Crippen LogP contribution in [0, 0.1) is 19.8 Å². The van der Waals surface area contributed by atoms with Crippen molar-refractivity contribution < 1.29 is 13.2 Å². The van der Waals surface area contributed by atoms with Crippen molar-refractivity contribution in [1.82, 2.24) is 10.0 Å². The summed E-state index contributed by atoms with van der Waals surface area (Å²) in [5.74, 6) is 0.520. The molecule has 1 aliphatic carbocycles. The van der Waals surface area contributed by atoms with E-state index < -0.39 is 10.0 Å². The van der Waals surface area contributed by atoms with Crippen LogP contribution in [0.1, 0.15) is 30.4 Å². The molecular formula is C15H22N2O3S. The molecule has 1 aromatic rings. The molecule has 0 aliphatic heterocycles. The molecule has 5 nitrogen and oxygen atoms in total. The molecule has 0 spiro atoms. The van der Waals surface area contributed by atoms with Crippen LogP contribution in [0.2, 0.25) is 0 Å². The number of aryl methyl sites for hydroxylation is 2. The third-order valence-corrected chi connectivity index (χ3v) is 5.17. The van der Waals surface area contributed by atoms with Crippen molar-refractivity contribution in [2.24, 2.45) is 5.92 Å². The van der Waals surface area contributed by atoms with Gasteiger partial charge in [0.25, 0.3) is 0 Å². The van der Waals surface area contributed by atoms with Crippen molar-refractivity contribution in [3.8, 4) is 0 Å². The van der Waals surface area contributed by atoms with E-state index in [1.165, 1.54) is 12.8 Å². The first-order chi connectivity index (χ1) is 9.88. The van der Waals surface area contributed by atoms with E-state index in [9.17, 15) is 13.2 Å². The molecule has 0 heterocycles. The zero-order chi connectivity index (χ0) is 15.5. The second-order valence-electron chi connectivity index (χ2n) is 5.66. The predicted octanol–water partition coefficient (Wildman–Crippen LogP) is 1.50. The van der Waals surface area contributed by atoms with Gasteiger partial charge < -0.3 is 5.32 Å². The first kappa shape index (κ1) is 16.0. The standard InChI is InChI=1S/C15H22N2O3S/c1-11-3-4-12(2)14(9-11)21(19,20)17-8-7-15(18)16-10-13-5-6-13/h3-4,9,13,17H,5-8,10H2,1-2H3,(H,16,18). The Morgan fingerprint density at radius 3 is 2.67 bits per heavy atom. The van der Waals surface area contributed by atoms with Crippen molar-refractivity contribution in [3.63, 3.8) is 0 Å². The molecule has 2 N–H and O–H groups in total. The van der Waals surface area contributed by atoms with Gasteiger partial charge in [-0.2, -0.15) is 0 Å². The molecule has 0 unspecified atom stereocenters. The van der Waals surface area contributed by atoms with Gasteiger partial charge in [-0.05, 0) is 49.8 Å². The lowest BCUT2D eigenvalue weighted by atomic mass is 10.2. The molecule has 1 amide bonds. The zero-order valence-corrected chi connectivity index (χ0v) is 13.3. The topological polar surface area (TPSA) is 75.3 Å². The fraction of sp³-hybridized carbons (Fsp3) is 0.533. The van der Waals surface area contributed by atoms with Gasteiger partial charge in [0.1, 0.15) is 0 Å². The Kier molecular flexibility index (Phi) is 5.00. The largest absolute Gasteiger partial charge is 0.356 e. The first-order valence-electron chi connectivity index (χ1n) is 7.22. The summed E-state index contributed by atoms with van der Waals surface area (Å²) in [6, 6.07) is 5.30. The molecule has 21 heavy (non-hydrogen) atoms. The van der Waals surface area contributed by atoms with Gasteiger partial charge in [0.2, 0.25) is 15.9 Å². The minimum Gasteiger partial charge on any atom is -0.356 e. The van der Waals surface area contributed by atoms with Gasteiger partial charge in [-0.25, -0.2) is 13.1 Å². The molecule has 0 radical (unpaired) electrons. The number of nitrogens with one attached hydrogen (secondary N) is 2. The second kappa shape index (κ2) is 6.58. The lowest BCUT2D eigenvalue weighted by molar-refractivity contribution is -0.120. The molecule has 6 heteroatoms. The molecule has 116 valence electrons. The summed E-state index contributed by atoms with van der Waals surface area (Å²) in [6.07, 6.45) is 2.52. The summed E-state index contributed by atoms with van der Waals surface area (Å²) in [5.41, 5.74) is 1.59. The average molecular weight is 310 g/mol. The molecule has 0 bridgehead atoms. The molecule has 0 atom stereocenters. The van der Waals surface area contributed by atoms with Crippen LogP contribution in [-0.4, -0.2) is 27.4 Å². The Morgan fingerprint density at radius 2 is 2.00 bits per heavy atom. The minimum absolute atomic E-state index is 0.106. The van der Waals surface area contributed by atoms with Crippen LogP contribution in [0.15, 0.2) is 23.1 Å². The number of carbonyl (C=O) groups is 1. The van der Waals surface area contributed by atoms with Crippen molar-refractivity contribution in [2.45, 2.75) is 38.0 Å². The Hall–Kier alpha value is -1.40. The molecule has 0 saturated heterocycles. The summed E-state index contributed by atoms with van der Waals surface area (Å²) in [7, 11) is -3.56. The molecule has 1 saturated carbocycles. The quantitative estimate of drug-likeness (QED) is 0.801. The summed E-state index contributed by atoms with van der Waals surface area (Å²) in [4.78, 5) is 11.9. The van der Waals surface area contributed by atoms with Crippen LogP contribution in [0.4, 0.5) is 0 Å². The number of benzene rings is 1. The number of sulfonamides is 1. The van der Waals surface area contributed by atoms with E-state index in [1.807, 2.05) is 13.0 Å². The summed E-state index contributed by atoms with van der Waals surface area (Å²) in [5, 5.41) is 2.82. The third-order valence-electron chi connectivity index (χ3n) is 3.56. The number of hydrogen-bond acceptors (Lipinski definition) is 3. The van der Waals surface area contributed by atoms with Gasteiger partial charge in [0.15, 0.2) is 0 Å². The molecule has 0 aromatic heterocycles. The molecule has 2 rings (SSSR count). The lowest BCUT2D eigenvalue weighted by Gasteiger charge is -2.10. The van der Waals surface area contributed by atoms with Gasteiger partial charge in [-0.1, -0.05) is 12.1 Å². The van der Waals surface area contributed by atoms with Crippen LogP contribution >= 0.6 is 0 Å². The monoisotopic (exact) mass is 310 g/mol. The zero-order valence-electron chi connectivity index (χ0n) is 12.5. The van der Waals surface area contributed by atoms with Crippen LogP contribution in [0.3, 0.4) is 0 Å². The van der Waals surface area contributed by atoms with Crippen LogP contribution in [-0.2, 0) is 14.8 Å². The van der Waals surface area contributed by atoms with Crippen LogP contribution < -0.4 is 10.0 Å². The van der Waals surface area contributed by atoms with Crippen molar-refractivity contribution >= 4 is 15.9 Å². The number of hydrogen-bond donors (Lipinski definition) is 2. The van der Waals surface area contributed by atoms with Crippen LogP contribution in [0.25, 0.3) is 0 Å². The maximum absolute atomic E-state index is 12.2. The fourth-order valence-electron chi connectivity index (χ4n) is 2.04. The molecular weight excluding hydrogens is 288 g/mol. The first-order valence-corrected chi connectivity index (χ1v) is 8.70. The minimum atomic E-state index is -3.56. The van der Waals surface area contributed by atoms with Crippen molar-refractivity contribution in [1.29, 1.82) is 0 Å². The van der Waals surface area contributed by atoms with Gasteiger partial charge in [-0.3, -0.25) is 4.79 Å². The highest BCUT2D eigenvalue weighted by Crippen LogP contribution is 2.27. The van der Waals surface area contributed by atoms with Gasteiger partial charge in [0.05, 0.1) is 4.90 Å². The third kappa shape index (κ3) is 4.82. The average Bonchev–Trinajstić information content (AvgIpc) is 3.23. The summed E-state index contributed by atoms with van der Waals surface area (Å²) < 4.78 is 26.9. The van der Waals surface area contributed by atoms with E-state index in [0.29, 0.717) is 18.0 Å². The summed E-state index contributed by atoms with van der Waals surface area (Å²) >= 11 is 0. The molecule has 1 aromatic carbocycles. The lowest BCUT2D eigenvalue weighted by Crippen LogP contribution is -2.32. The Balaban J connectivity index is 1.85. The van der Waals surface area contributed by atoms with E-state index in [4.69, 9.17) is 0 Å². The van der Waals surface area contributed by atoms with E-state index in [1.54, 1.807) is 19.1 Å². The van der Waals surface area contributed by atoms with E-state index >= 15 is 0 Å². The predicted molar refractivity (Wildman–Crippen MR) is 81.5 cm³/mol. The smallest absolute Gasteiger partial charge is 0.240 e. The fourth-order valence-corrected chi connectivity index (χ4v) is 3.40.